The molecule has 0 spiro atoms. The summed E-state index contributed by atoms with van der Waals surface area (Å²) in [5.74, 6) is 2.67. The van der Waals surface area contributed by atoms with Crippen molar-refractivity contribution in [1.29, 1.82) is 0 Å². The van der Waals surface area contributed by atoms with Crippen LogP contribution in [0.15, 0.2) is 24.4 Å². The third-order valence-corrected chi connectivity index (χ3v) is 3.07. The van der Waals surface area contributed by atoms with Crippen LogP contribution in [0.4, 0.5) is 0 Å². The normalized spacial score (nSPS) is 10.6. The molecule has 1 aromatic heterocycles. The van der Waals surface area contributed by atoms with Crippen molar-refractivity contribution in [3.63, 3.8) is 0 Å². The summed E-state index contributed by atoms with van der Waals surface area (Å²) in [4.78, 5) is 0. The second-order valence-corrected chi connectivity index (χ2v) is 4.44. The summed E-state index contributed by atoms with van der Waals surface area (Å²) >= 11 is 6.05. The van der Waals surface area contributed by atoms with Gasteiger partial charge in [-0.2, -0.15) is 0 Å². The van der Waals surface area contributed by atoms with Gasteiger partial charge in [0.15, 0.2) is 0 Å². The molecule has 0 aliphatic rings. The van der Waals surface area contributed by atoms with Gasteiger partial charge < -0.3 is 9.88 Å². The Kier molecular flexibility index (Phi) is 3.73. The molecule has 0 atom stereocenters. The summed E-state index contributed by atoms with van der Waals surface area (Å²) in [6, 6.07) is 5.94. The van der Waals surface area contributed by atoms with E-state index in [0.29, 0.717) is 6.54 Å². The van der Waals surface area contributed by atoms with Crippen LogP contribution in [0.2, 0.25) is 5.02 Å². The molecule has 0 radical (unpaired) electrons. The lowest BCUT2D eigenvalue weighted by molar-refractivity contribution is 0.788. The maximum Gasteiger partial charge on any atom is 0.0835 e. The number of hydrogen-bond acceptors (Lipinski definition) is 1. The molecule has 1 aromatic carbocycles. The van der Waals surface area contributed by atoms with Crippen LogP contribution >= 0.6 is 11.6 Å². The second-order valence-electron chi connectivity index (χ2n) is 4.00. The van der Waals surface area contributed by atoms with Gasteiger partial charge in [-0.3, -0.25) is 0 Å². The standard InChI is InChI=1S/C14H15ClN2/c1-3-8-17-10-11(6-7-16-2)13-9-12(15)4-5-14(13)17/h1,4-5,9-10,16H,6-8H2,2H3. The number of aromatic nitrogens is 1. The monoisotopic (exact) mass is 246 g/mol. The number of hydrogen-bond donors (Lipinski definition) is 1. The predicted octanol–water partition coefficient (Wildman–Crippen LogP) is 2.69. The first-order chi connectivity index (χ1) is 8.26. The molecule has 88 valence electrons. The third kappa shape index (κ3) is 2.46. The first kappa shape index (κ1) is 12.0. The predicted molar refractivity (Wildman–Crippen MR) is 73.4 cm³/mol. The minimum absolute atomic E-state index is 0.595. The van der Waals surface area contributed by atoms with E-state index in [9.17, 15) is 0 Å². The molecule has 0 amide bonds. The van der Waals surface area contributed by atoms with Crippen LogP contribution < -0.4 is 5.32 Å². The van der Waals surface area contributed by atoms with Gasteiger partial charge in [-0.05, 0) is 43.8 Å². The largest absolute Gasteiger partial charge is 0.336 e. The van der Waals surface area contributed by atoms with Gasteiger partial charge in [-0.15, -0.1) is 6.42 Å². The van der Waals surface area contributed by atoms with E-state index in [1.165, 1.54) is 10.9 Å². The molecule has 0 fully saturated rings. The van der Waals surface area contributed by atoms with Gasteiger partial charge in [0.1, 0.15) is 0 Å². The van der Waals surface area contributed by atoms with E-state index >= 15 is 0 Å². The number of rotatable bonds is 4. The Balaban J connectivity index is 2.51. The number of nitrogens with zero attached hydrogens (tertiary/aromatic N) is 1. The van der Waals surface area contributed by atoms with E-state index in [0.717, 1.165) is 23.5 Å². The minimum atomic E-state index is 0.595. The van der Waals surface area contributed by atoms with Crippen LogP contribution in [0.25, 0.3) is 10.9 Å². The lowest BCUT2D eigenvalue weighted by Gasteiger charge is -1.99. The van der Waals surface area contributed by atoms with Crippen molar-refractivity contribution in [2.75, 3.05) is 13.6 Å². The molecule has 0 saturated carbocycles. The Hall–Kier alpha value is -1.43. The maximum absolute atomic E-state index is 6.05. The minimum Gasteiger partial charge on any atom is -0.336 e. The van der Waals surface area contributed by atoms with E-state index in [-0.39, 0.29) is 0 Å². The summed E-state index contributed by atoms with van der Waals surface area (Å²) in [5.41, 5.74) is 2.44. The lowest BCUT2D eigenvalue weighted by atomic mass is 10.1. The molecular weight excluding hydrogens is 232 g/mol. The highest BCUT2D eigenvalue weighted by molar-refractivity contribution is 6.31. The Morgan fingerprint density at radius 1 is 1.47 bits per heavy atom. The number of benzene rings is 1. The highest BCUT2D eigenvalue weighted by Crippen LogP contribution is 2.25. The van der Waals surface area contributed by atoms with Crippen LogP contribution in [-0.4, -0.2) is 18.2 Å². The van der Waals surface area contributed by atoms with E-state index < -0.39 is 0 Å². The topological polar surface area (TPSA) is 17.0 Å². The van der Waals surface area contributed by atoms with Crippen LogP contribution in [0.5, 0.6) is 0 Å². The van der Waals surface area contributed by atoms with Crippen LogP contribution in [0.3, 0.4) is 0 Å². The molecule has 3 heteroatoms. The van der Waals surface area contributed by atoms with E-state index in [1.807, 2.05) is 25.2 Å². The third-order valence-electron chi connectivity index (χ3n) is 2.83. The molecule has 0 unspecified atom stereocenters. The van der Waals surface area contributed by atoms with Gasteiger partial charge in [-0.25, -0.2) is 0 Å². The Morgan fingerprint density at radius 2 is 2.29 bits per heavy atom. The highest BCUT2D eigenvalue weighted by Gasteiger charge is 2.07. The van der Waals surface area contributed by atoms with Gasteiger partial charge in [0.05, 0.1) is 6.54 Å². The summed E-state index contributed by atoms with van der Waals surface area (Å²) in [6.07, 6.45) is 8.48. The SMILES string of the molecule is C#CCn1cc(CCNC)c2cc(Cl)ccc21. The van der Waals surface area contributed by atoms with Crippen LogP contribution in [-0.2, 0) is 13.0 Å². The summed E-state index contributed by atoms with van der Waals surface area (Å²) < 4.78 is 2.09. The lowest BCUT2D eigenvalue weighted by Crippen LogP contribution is -2.09. The molecule has 2 rings (SSSR count). The van der Waals surface area contributed by atoms with Crippen LogP contribution in [0, 0.1) is 12.3 Å². The number of terminal acetylenes is 1. The second kappa shape index (κ2) is 5.27. The fraction of sp³-hybridized carbons (Fsp3) is 0.286. The Morgan fingerprint density at radius 3 is 3.00 bits per heavy atom. The molecule has 1 N–H and O–H groups in total. The molecule has 1 heterocycles. The molecule has 2 aromatic rings. The maximum atomic E-state index is 6.05. The molecule has 17 heavy (non-hydrogen) atoms. The van der Waals surface area contributed by atoms with Crippen molar-refractivity contribution in [3.8, 4) is 12.3 Å². The summed E-state index contributed by atoms with van der Waals surface area (Å²) in [5, 5.41) is 5.12. The van der Waals surface area contributed by atoms with E-state index in [4.69, 9.17) is 18.0 Å². The molecule has 0 bridgehead atoms. The zero-order valence-electron chi connectivity index (χ0n) is 9.83. The molecule has 0 aliphatic heterocycles. The van der Waals surface area contributed by atoms with Gasteiger partial charge >= 0.3 is 0 Å². The molecule has 0 saturated heterocycles. The van der Waals surface area contributed by atoms with Gasteiger partial charge in [0.25, 0.3) is 0 Å². The number of nitrogens with one attached hydrogen (secondary N) is 1. The zero-order valence-corrected chi connectivity index (χ0v) is 10.6. The average molecular weight is 247 g/mol. The highest BCUT2D eigenvalue weighted by atomic mass is 35.5. The van der Waals surface area contributed by atoms with Crippen molar-refractivity contribution in [2.24, 2.45) is 0 Å². The quantitative estimate of drug-likeness (QED) is 0.821. The fourth-order valence-corrected chi connectivity index (χ4v) is 2.20. The Bertz CT molecular complexity index is 563. The molecule has 2 nitrogen and oxygen atoms in total. The average Bonchev–Trinajstić information content (AvgIpc) is 2.65. The first-order valence-electron chi connectivity index (χ1n) is 5.61. The smallest absolute Gasteiger partial charge is 0.0835 e. The van der Waals surface area contributed by atoms with Gasteiger partial charge in [0, 0.05) is 22.1 Å². The van der Waals surface area contributed by atoms with Crippen LogP contribution in [0.1, 0.15) is 5.56 Å². The first-order valence-corrected chi connectivity index (χ1v) is 5.99. The number of halogens is 1. The zero-order chi connectivity index (χ0) is 12.3. The summed E-state index contributed by atoms with van der Waals surface area (Å²) in [7, 11) is 1.95. The molecule has 0 aliphatic carbocycles. The molecular formula is C14H15ClN2. The van der Waals surface area contributed by atoms with Gasteiger partial charge in [-0.1, -0.05) is 17.5 Å². The van der Waals surface area contributed by atoms with Crippen molar-refractivity contribution in [3.05, 3.63) is 35.0 Å². The fourth-order valence-electron chi connectivity index (χ4n) is 2.03. The van der Waals surface area contributed by atoms with Crippen molar-refractivity contribution < 1.29 is 0 Å². The number of likely N-dealkylation sites (N-methyl/N-ethyl adjacent to an activating group) is 1. The Labute approximate surface area is 107 Å². The van der Waals surface area contributed by atoms with E-state index in [1.54, 1.807) is 0 Å². The number of fused-ring (bicyclic) bond motifs is 1. The van der Waals surface area contributed by atoms with Crippen molar-refractivity contribution in [1.82, 2.24) is 9.88 Å². The van der Waals surface area contributed by atoms with E-state index in [2.05, 4.69) is 22.0 Å². The van der Waals surface area contributed by atoms with Gasteiger partial charge in [0.2, 0.25) is 0 Å². The van der Waals surface area contributed by atoms with Crippen molar-refractivity contribution >= 4 is 22.5 Å². The summed E-state index contributed by atoms with van der Waals surface area (Å²) in [6.45, 7) is 1.54. The van der Waals surface area contributed by atoms with Crippen molar-refractivity contribution in [2.45, 2.75) is 13.0 Å².